The van der Waals surface area contributed by atoms with Crippen LogP contribution in [0, 0.1) is 0 Å². The predicted molar refractivity (Wildman–Crippen MR) is 95.2 cm³/mol. The average Bonchev–Trinajstić information content (AvgIpc) is 2.59. The van der Waals surface area contributed by atoms with Gasteiger partial charge in [-0.25, -0.2) is 0 Å². The number of fused-ring (bicyclic) bond motifs is 2. The Kier molecular flexibility index (Phi) is 4.62. The van der Waals surface area contributed by atoms with E-state index in [-0.39, 0.29) is 29.2 Å². The van der Waals surface area contributed by atoms with E-state index in [1.165, 1.54) is 25.1 Å². The lowest BCUT2D eigenvalue weighted by atomic mass is 10.1. The highest BCUT2D eigenvalue weighted by Crippen LogP contribution is 2.23. The summed E-state index contributed by atoms with van der Waals surface area (Å²) in [6.07, 6.45) is -0.413. The first-order valence-electron chi connectivity index (χ1n) is 7.95. The molecule has 1 atom stereocenters. The van der Waals surface area contributed by atoms with Gasteiger partial charge in [-0.1, -0.05) is 0 Å². The number of ether oxygens (including phenoxy) is 2. The van der Waals surface area contributed by atoms with Crippen molar-refractivity contribution in [3.63, 3.8) is 0 Å². The zero-order valence-corrected chi connectivity index (χ0v) is 14.3. The van der Waals surface area contributed by atoms with Crippen LogP contribution in [0.1, 0.15) is 24.2 Å². The summed E-state index contributed by atoms with van der Waals surface area (Å²) in [5.41, 5.74) is 5.93. The van der Waals surface area contributed by atoms with Crippen molar-refractivity contribution in [2.75, 3.05) is 6.61 Å². The normalized spacial score (nSPS) is 12.1. The molecule has 2 aromatic carbocycles. The van der Waals surface area contributed by atoms with Crippen molar-refractivity contribution < 1.29 is 23.5 Å². The van der Waals surface area contributed by atoms with Gasteiger partial charge in [0, 0.05) is 12.5 Å². The molecule has 134 valence electrons. The Bertz CT molecular complexity index is 1070. The van der Waals surface area contributed by atoms with Crippen LogP contribution in [-0.2, 0) is 9.53 Å². The molecule has 1 aromatic heterocycles. The molecule has 0 saturated carbocycles. The number of nitrogens with two attached hydrogens (primary N) is 1. The molecule has 0 fully saturated rings. The fourth-order valence-corrected chi connectivity index (χ4v) is 2.61. The van der Waals surface area contributed by atoms with Gasteiger partial charge in [0.05, 0.1) is 10.8 Å². The maximum absolute atomic E-state index is 12.7. The summed E-state index contributed by atoms with van der Waals surface area (Å²) in [4.78, 5) is 34.9. The highest BCUT2D eigenvalue weighted by molar-refractivity contribution is 5.98. The Balaban J connectivity index is 1.96. The molecular weight excluding hydrogens is 338 g/mol. The Morgan fingerprint density at radius 3 is 2.58 bits per heavy atom. The van der Waals surface area contributed by atoms with Gasteiger partial charge in [-0.05, 0) is 43.3 Å². The van der Waals surface area contributed by atoms with Crippen molar-refractivity contribution in [3.8, 4) is 5.75 Å². The molecular formula is C19H17NO6. The van der Waals surface area contributed by atoms with E-state index >= 15 is 0 Å². The average molecular weight is 355 g/mol. The van der Waals surface area contributed by atoms with E-state index < -0.39 is 12.0 Å². The molecule has 26 heavy (non-hydrogen) atoms. The molecule has 0 aliphatic heterocycles. The van der Waals surface area contributed by atoms with Crippen molar-refractivity contribution in [3.05, 3.63) is 52.2 Å². The molecule has 0 aliphatic carbocycles. The zero-order valence-electron chi connectivity index (χ0n) is 14.3. The molecule has 0 saturated heterocycles. The van der Waals surface area contributed by atoms with E-state index in [1.807, 2.05) is 0 Å². The van der Waals surface area contributed by atoms with Crippen molar-refractivity contribution in [1.82, 2.24) is 0 Å². The van der Waals surface area contributed by atoms with Crippen LogP contribution in [0.5, 0.6) is 5.75 Å². The lowest BCUT2D eigenvalue weighted by Crippen LogP contribution is -2.20. The Morgan fingerprint density at radius 1 is 1.12 bits per heavy atom. The van der Waals surface area contributed by atoms with Gasteiger partial charge in [0.1, 0.15) is 29.6 Å². The second-order valence-corrected chi connectivity index (χ2v) is 5.90. The lowest BCUT2D eigenvalue weighted by Gasteiger charge is -2.13. The lowest BCUT2D eigenvalue weighted by molar-refractivity contribution is -0.146. The fourth-order valence-electron chi connectivity index (χ4n) is 2.61. The van der Waals surface area contributed by atoms with Crippen LogP contribution in [0.15, 0.2) is 45.6 Å². The molecule has 0 aliphatic rings. The largest absolute Gasteiger partial charge is 0.490 e. The van der Waals surface area contributed by atoms with Crippen LogP contribution >= 0.6 is 0 Å². The second-order valence-electron chi connectivity index (χ2n) is 5.90. The Labute approximate surface area is 148 Å². The minimum atomic E-state index is -0.597. The minimum Gasteiger partial charge on any atom is -0.490 e. The molecule has 2 N–H and O–H groups in total. The highest BCUT2D eigenvalue weighted by atomic mass is 16.6. The van der Waals surface area contributed by atoms with Gasteiger partial charge >= 0.3 is 5.97 Å². The maximum Gasteiger partial charge on any atom is 0.303 e. The van der Waals surface area contributed by atoms with Gasteiger partial charge in [-0.3, -0.25) is 14.4 Å². The second kappa shape index (κ2) is 6.87. The van der Waals surface area contributed by atoms with Gasteiger partial charge in [0.25, 0.3) is 0 Å². The van der Waals surface area contributed by atoms with E-state index in [2.05, 4.69) is 0 Å². The van der Waals surface area contributed by atoms with E-state index in [1.54, 1.807) is 25.1 Å². The minimum absolute atomic E-state index is 0.159. The number of carbonyl (C=O) groups is 2. The first-order chi connectivity index (χ1) is 12.3. The molecule has 0 spiro atoms. The van der Waals surface area contributed by atoms with Gasteiger partial charge < -0.3 is 19.6 Å². The monoisotopic (exact) mass is 355 g/mol. The van der Waals surface area contributed by atoms with Crippen LogP contribution in [0.2, 0.25) is 0 Å². The third kappa shape index (κ3) is 3.51. The number of carbonyl (C=O) groups excluding carboxylic acids is 2. The van der Waals surface area contributed by atoms with E-state index in [0.717, 1.165) is 0 Å². The predicted octanol–water partition coefficient (Wildman–Crippen LogP) is 2.38. The summed E-state index contributed by atoms with van der Waals surface area (Å²) in [5, 5.41) is 0.690. The number of hydrogen-bond donors (Lipinski definition) is 1. The summed E-state index contributed by atoms with van der Waals surface area (Å²) >= 11 is 0. The first kappa shape index (κ1) is 17.5. The van der Waals surface area contributed by atoms with Crippen molar-refractivity contribution >= 4 is 33.8 Å². The number of esters is 1. The molecule has 1 unspecified atom stereocenters. The van der Waals surface area contributed by atoms with Crippen LogP contribution in [0.3, 0.4) is 0 Å². The third-order valence-electron chi connectivity index (χ3n) is 3.78. The number of rotatable bonds is 5. The Hall–Kier alpha value is -3.35. The van der Waals surface area contributed by atoms with E-state index in [0.29, 0.717) is 22.1 Å². The topological polar surface area (TPSA) is 109 Å². The number of amides is 1. The van der Waals surface area contributed by atoms with Crippen molar-refractivity contribution in [1.29, 1.82) is 0 Å². The van der Waals surface area contributed by atoms with Crippen molar-refractivity contribution in [2.45, 2.75) is 20.0 Å². The smallest absolute Gasteiger partial charge is 0.303 e. The molecule has 7 heteroatoms. The molecule has 1 heterocycles. The van der Waals surface area contributed by atoms with Gasteiger partial charge in [0.2, 0.25) is 11.3 Å². The summed E-state index contributed by atoms with van der Waals surface area (Å²) in [7, 11) is 0. The van der Waals surface area contributed by atoms with Gasteiger partial charge in [-0.15, -0.1) is 0 Å². The molecule has 0 radical (unpaired) electrons. The fraction of sp³-hybridized carbons (Fsp3) is 0.211. The summed E-state index contributed by atoms with van der Waals surface area (Å²) in [6.45, 7) is 3.19. The maximum atomic E-state index is 12.7. The molecule has 1 amide bonds. The van der Waals surface area contributed by atoms with Crippen LogP contribution in [0.4, 0.5) is 0 Å². The first-order valence-corrected chi connectivity index (χ1v) is 7.95. The van der Waals surface area contributed by atoms with Crippen molar-refractivity contribution in [2.24, 2.45) is 5.73 Å². The zero-order chi connectivity index (χ0) is 18.8. The van der Waals surface area contributed by atoms with E-state index in [4.69, 9.17) is 19.6 Å². The number of primary amides is 1. The summed E-state index contributed by atoms with van der Waals surface area (Å²) in [6, 6.07) is 9.27. The summed E-state index contributed by atoms with van der Waals surface area (Å²) in [5.74, 6) is -0.528. The van der Waals surface area contributed by atoms with Gasteiger partial charge in [0.15, 0.2) is 0 Å². The number of benzene rings is 2. The summed E-state index contributed by atoms with van der Waals surface area (Å²) < 4.78 is 16.3. The SMILES string of the molecule is CC(=O)OC(C)COc1ccc2oc3cc(C(N)=O)ccc3c(=O)c2c1. The van der Waals surface area contributed by atoms with Gasteiger partial charge in [-0.2, -0.15) is 0 Å². The van der Waals surface area contributed by atoms with Crippen LogP contribution in [-0.4, -0.2) is 24.6 Å². The molecule has 7 nitrogen and oxygen atoms in total. The number of hydrogen-bond acceptors (Lipinski definition) is 6. The molecule has 0 bridgehead atoms. The van der Waals surface area contributed by atoms with Crippen LogP contribution in [0.25, 0.3) is 21.9 Å². The highest BCUT2D eigenvalue weighted by Gasteiger charge is 2.12. The molecule has 3 rings (SSSR count). The standard InChI is InChI=1S/C19H17NO6/c1-10(25-11(2)21)9-24-13-4-6-16-15(8-13)18(22)14-5-3-12(19(20)23)7-17(14)26-16/h3-8,10H,9H2,1-2H3,(H2,20,23). The van der Waals surface area contributed by atoms with E-state index in [9.17, 15) is 14.4 Å². The van der Waals surface area contributed by atoms with Crippen LogP contribution < -0.4 is 15.9 Å². The quantitative estimate of drug-likeness (QED) is 0.556. The molecule has 3 aromatic rings. The Morgan fingerprint density at radius 2 is 1.88 bits per heavy atom. The third-order valence-corrected chi connectivity index (χ3v) is 3.78.